The molecule has 0 amide bonds. The topological polar surface area (TPSA) is 37.3 Å². The highest BCUT2D eigenvalue weighted by Gasteiger charge is 2.01. The van der Waals surface area contributed by atoms with Crippen molar-refractivity contribution in [2.75, 3.05) is 0 Å². The number of carbonyl (C=O) groups is 1. The maximum Gasteiger partial charge on any atom is 0.307 e. The zero-order valence-electron chi connectivity index (χ0n) is 9.63. The van der Waals surface area contributed by atoms with Crippen LogP contribution in [0.4, 0.5) is 0 Å². The molecule has 80 valence electrons. The summed E-state index contributed by atoms with van der Waals surface area (Å²) in [6.07, 6.45) is -1.21. The molecule has 0 aliphatic carbocycles. The SMILES string of the molecule is [2H]C(C(=O)O)c1ccc(-c2ccccc2)cc1. The molecule has 2 rings (SSSR count). The molecule has 2 aromatic carbocycles. The molecule has 0 spiro atoms. The van der Waals surface area contributed by atoms with Crippen LogP contribution >= 0.6 is 0 Å². The van der Waals surface area contributed by atoms with Crippen molar-refractivity contribution >= 4 is 5.97 Å². The van der Waals surface area contributed by atoms with Crippen LogP contribution in [0.3, 0.4) is 0 Å². The lowest BCUT2D eigenvalue weighted by molar-refractivity contribution is -0.136. The van der Waals surface area contributed by atoms with E-state index in [4.69, 9.17) is 6.48 Å². The predicted molar refractivity (Wildman–Crippen MR) is 63.2 cm³/mol. The first kappa shape index (κ1) is 9.16. The van der Waals surface area contributed by atoms with Gasteiger partial charge < -0.3 is 5.11 Å². The van der Waals surface area contributed by atoms with Gasteiger partial charge in [-0.3, -0.25) is 4.79 Å². The van der Waals surface area contributed by atoms with E-state index < -0.39 is 12.4 Å². The second-order valence-corrected chi connectivity index (χ2v) is 3.47. The summed E-state index contributed by atoms with van der Waals surface area (Å²) in [6.45, 7) is 0. The van der Waals surface area contributed by atoms with E-state index in [2.05, 4.69) is 0 Å². The molecule has 0 saturated carbocycles. The van der Waals surface area contributed by atoms with Gasteiger partial charge in [0.1, 0.15) is 0 Å². The van der Waals surface area contributed by atoms with Crippen molar-refractivity contribution in [3.63, 3.8) is 0 Å². The zero-order chi connectivity index (χ0) is 12.3. The molecule has 16 heavy (non-hydrogen) atoms. The van der Waals surface area contributed by atoms with E-state index in [0.29, 0.717) is 5.56 Å². The van der Waals surface area contributed by atoms with Gasteiger partial charge in [0.25, 0.3) is 0 Å². The van der Waals surface area contributed by atoms with Gasteiger partial charge in [0.2, 0.25) is 0 Å². The maximum absolute atomic E-state index is 10.7. The average molecular weight is 213 g/mol. The Bertz CT molecular complexity index is 506. The Hall–Kier alpha value is -2.09. The van der Waals surface area contributed by atoms with Gasteiger partial charge in [-0.05, 0) is 16.7 Å². The van der Waals surface area contributed by atoms with Gasteiger partial charge in [-0.15, -0.1) is 0 Å². The van der Waals surface area contributed by atoms with Gasteiger partial charge in [-0.2, -0.15) is 0 Å². The molecule has 2 nitrogen and oxygen atoms in total. The number of carboxylic acid groups (broad SMARTS) is 1. The smallest absolute Gasteiger partial charge is 0.307 e. The van der Waals surface area contributed by atoms with Crippen molar-refractivity contribution in [2.24, 2.45) is 0 Å². The van der Waals surface area contributed by atoms with E-state index in [9.17, 15) is 4.79 Å². The van der Waals surface area contributed by atoms with Gasteiger partial charge in [0, 0.05) is 1.37 Å². The Labute approximate surface area is 95.6 Å². The molecule has 2 aromatic rings. The van der Waals surface area contributed by atoms with Crippen molar-refractivity contribution in [3.05, 3.63) is 60.2 Å². The summed E-state index contributed by atoms with van der Waals surface area (Å²) in [7, 11) is 0. The third-order valence-electron chi connectivity index (χ3n) is 2.31. The Morgan fingerprint density at radius 2 is 1.56 bits per heavy atom. The highest BCUT2D eigenvalue weighted by atomic mass is 16.4. The van der Waals surface area contributed by atoms with Crippen LogP contribution in [0, 0.1) is 0 Å². The fraction of sp³-hybridized carbons (Fsp3) is 0.0714. The summed E-state index contributed by atoms with van der Waals surface area (Å²) in [4.78, 5) is 10.7. The van der Waals surface area contributed by atoms with E-state index in [1.807, 2.05) is 42.5 Å². The van der Waals surface area contributed by atoms with Gasteiger partial charge in [0.05, 0.1) is 6.40 Å². The first-order valence-corrected chi connectivity index (χ1v) is 4.99. The van der Waals surface area contributed by atoms with Gasteiger partial charge in [-0.1, -0.05) is 54.6 Å². The van der Waals surface area contributed by atoms with Crippen LogP contribution in [-0.2, 0) is 11.2 Å². The third kappa shape index (κ3) is 2.48. The van der Waals surface area contributed by atoms with Crippen LogP contribution in [0.1, 0.15) is 6.93 Å². The zero-order valence-corrected chi connectivity index (χ0v) is 8.63. The molecule has 1 unspecified atom stereocenters. The fourth-order valence-corrected chi connectivity index (χ4v) is 1.54. The molecule has 0 aromatic heterocycles. The monoisotopic (exact) mass is 213 g/mol. The lowest BCUT2D eigenvalue weighted by Gasteiger charge is -2.02. The van der Waals surface area contributed by atoms with E-state index >= 15 is 0 Å². The Morgan fingerprint density at radius 3 is 2.12 bits per heavy atom. The standard InChI is InChI=1S/C14H12O2/c15-14(16)10-11-6-8-13(9-7-11)12-4-2-1-3-5-12/h1-9H,10H2,(H,15,16)/i10D. The van der Waals surface area contributed by atoms with Gasteiger partial charge in [-0.25, -0.2) is 0 Å². The lowest BCUT2D eigenvalue weighted by Crippen LogP contribution is -1.99. The number of rotatable bonds is 3. The first-order chi connectivity index (χ1) is 8.18. The van der Waals surface area contributed by atoms with E-state index in [0.717, 1.165) is 11.1 Å². The minimum Gasteiger partial charge on any atom is -0.481 e. The predicted octanol–water partition coefficient (Wildman–Crippen LogP) is 2.98. The summed E-state index contributed by atoms with van der Waals surface area (Å²) in [5.41, 5.74) is 2.60. The second kappa shape index (κ2) is 4.62. The van der Waals surface area contributed by atoms with Crippen LogP contribution in [0.5, 0.6) is 0 Å². The van der Waals surface area contributed by atoms with Crippen molar-refractivity contribution in [1.29, 1.82) is 0 Å². The van der Waals surface area contributed by atoms with E-state index in [-0.39, 0.29) is 0 Å². The summed E-state index contributed by atoms with van der Waals surface area (Å²) in [5.74, 6) is -1.13. The molecule has 0 saturated heterocycles. The summed E-state index contributed by atoms with van der Waals surface area (Å²) >= 11 is 0. The van der Waals surface area contributed by atoms with Gasteiger partial charge >= 0.3 is 5.97 Å². The minimum atomic E-state index is -1.21. The molecule has 0 bridgehead atoms. The highest BCUT2D eigenvalue weighted by Crippen LogP contribution is 2.19. The Kier molecular flexibility index (Phi) is 2.64. The fourth-order valence-electron chi connectivity index (χ4n) is 1.54. The number of hydrogen-bond acceptors (Lipinski definition) is 1. The number of aliphatic carboxylic acids is 1. The summed E-state index contributed by atoms with van der Waals surface area (Å²) in [6, 6.07) is 16.9. The molecule has 1 atom stereocenters. The van der Waals surface area contributed by atoms with Crippen LogP contribution < -0.4 is 0 Å². The Balaban J connectivity index is 2.28. The van der Waals surface area contributed by atoms with Crippen LogP contribution in [0.2, 0.25) is 0 Å². The van der Waals surface area contributed by atoms with Crippen molar-refractivity contribution in [1.82, 2.24) is 0 Å². The number of benzene rings is 2. The number of carboxylic acids is 1. The molecule has 2 heteroatoms. The lowest BCUT2D eigenvalue weighted by atomic mass is 10.0. The third-order valence-corrected chi connectivity index (χ3v) is 2.31. The van der Waals surface area contributed by atoms with Crippen LogP contribution in [0.15, 0.2) is 54.6 Å². The normalized spacial score (nSPS) is 12.9. The van der Waals surface area contributed by atoms with Crippen molar-refractivity contribution in [2.45, 2.75) is 6.40 Å². The molecule has 1 N–H and O–H groups in total. The van der Waals surface area contributed by atoms with Crippen molar-refractivity contribution in [3.8, 4) is 11.1 Å². The second-order valence-electron chi connectivity index (χ2n) is 3.47. The minimum absolute atomic E-state index is 0.497. The highest BCUT2D eigenvalue weighted by molar-refractivity contribution is 5.71. The average Bonchev–Trinajstić information content (AvgIpc) is 2.39. The molecule has 0 heterocycles. The number of hydrogen-bond donors (Lipinski definition) is 1. The summed E-state index contributed by atoms with van der Waals surface area (Å²) < 4.78 is 7.44. The Morgan fingerprint density at radius 1 is 1.00 bits per heavy atom. The molecule has 0 fully saturated rings. The van der Waals surface area contributed by atoms with E-state index in [1.54, 1.807) is 12.1 Å². The molecular formula is C14H12O2. The molecule has 0 aliphatic rings. The molecule has 0 aliphatic heterocycles. The van der Waals surface area contributed by atoms with E-state index in [1.165, 1.54) is 0 Å². The van der Waals surface area contributed by atoms with Crippen LogP contribution in [0.25, 0.3) is 11.1 Å². The quantitative estimate of drug-likeness (QED) is 0.851. The molecule has 0 radical (unpaired) electrons. The van der Waals surface area contributed by atoms with Crippen LogP contribution in [-0.4, -0.2) is 11.1 Å². The summed E-state index contributed by atoms with van der Waals surface area (Å²) in [5, 5.41) is 8.73. The van der Waals surface area contributed by atoms with Crippen molar-refractivity contribution < 1.29 is 11.3 Å². The largest absolute Gasteiger partial charge is 0.481 e. The first-order valence-electron chi connectivity index (χ1n) is 5.56. The maximum atomic E-state index is 10.7. The molecular weight excluding hydrogens is 200 g/mol. The van der Waals surface area contributed by atoms with Gasteiger partial charge in [0.15, 0.2) is 0 Å².